The maximum absolute atomic E-state index is 11.8. The maximum Gasteiger partial charge on any atom is 0.317 e. The van der Waals surface area contributed by atoms with Crippen LogP contribution >= 0.6 is 0 Å². The predicted octanol–water partition coefficient (Wildman–Crippen LogP) is 2.37. The van der Waals surface area contributed by atoms with Crippen molar-refractivity contribution in [2.24, 2.45) is 0 Å². The van der Waals surface area contributed by atoms with Gasteiger partial charge in [0.05, 0.1) is 6.61 Å². The molecule has 0 aliphatic heterocycles. The van der Waals surface area contributed by atoms with Crippen LogP contribution in [0.4, 0.5) is 4.79 Å². The quantitative estimate of drug-likeness (QED) is 0.839. The molecule has 4 nitrogen and oxygen atoms in total. The van der Waals surface area contributed by atoms with E-state index in [2.05, 4.69) is 43.4 Å². The van der Waals surface area contributed by atoms with Crippen LogP contribution in [0.1, 0.15) is 37.8 Å². The zero-order chi connectivity index (χ0) is 15.1. The Hall–Kier alpha value is -1.55. The number of nitrogens with zero attached hydrogens (tertiary/aromatic N) is 1. The molecular formula is C16H26N2O2. The molecule has 0 aliphatic carbocycles. The van der Waals surface area contributed by atoms with Gasteiger partial charge >= 0.3 is 6.03 Å². The molecule has 0 heterocycles. The van der Waals surface area contributed by atoms with Crippen molar-refractivity contribution in [2.75, 3.05) is 20.2 Å². The van der Waals surface area contributed by atoms with E-state index in [-0.39, 0.29) is 18.7 Å². The van der Waals surface area contributed by atoms with E-state index in [1.165, 1.54) is 16.0 Å². The Morgan fingerprint density at radius 1 is 1.25 bits per heavy atom. The van der Waals surface area contributed by atoms with Gasteiger partial charge in [0.2, 0.25) is 0 Å². The van der Waals surface area contributed by atoms with E-state index in [9.17, 15) is 4.79 Å². The number of benzene rings is 1. The highest BCUT2D eigenvalue weighted by Gasteiger charge is 2.11. The second-order valence-electron chi connectivity index (χ2n) is 5.60. The van der Waals surface area contributed by atoms with Crippen molar-refractivity contribution in [3.8, 4) is 0 Å². The lowest BCUT2D eigenvalue weighted by Crippen LogP contribution is -2.43. The van der Waals surface area contributed by atoms with Crippen molar-refractivity contribution in [1.82, 2.24) is 10.2 Å². The third-order valence-corrected chi connectivity index (χ3v) is 3.34. The molecule has 0 spiro atoms. The van der Waals surface area contributed by atoms with Crippen LogP contribution in [0.5, 0.6) is 0 Å². The van der Waals surface area contributed by atoms with Crippen molar-refractivity contribution in [3.63, 3.8) is 0 Å². The molecule has 0 saturated heterocycles. The summed E-state index contributed by atoms with van der Waals surface area (Å²) in [7, 11) is 1.68. The molecule has 0 saturated carbocycles. The Labute approximate surface area is 121 Å². The minimum atomic E-state index is -0.148. The zero-order valence-electron chi connectivity index (χ0n) is 12.9. The fraction of sp³-hybridized carbons (Fsp3) is 0.562. The second-order valence-corrected chi connectivity index (χ2v) is 5.60. The van der Waals surface area contributed by atoms with E-state index in [4.69, 9.17) is 5.11 Å². The van der Waals surface area contributed by atoms with Gasteiger partial charge in [-0.05, 0) is 30.4 Å². The molecule has 20 heavy (non-hydrogen) atoms. The lowest BCUT2D eigenvalue weighted by molar-refractivity contribution is 0.187. The average molecular weight is 278 g/mol. The topological polar surface area (TPSA) is 52.6 Å². The average Bonchev–Trinajstić information content (AvgIpc) is 2.39. The zero-order valence-corrected chi connectivity index (χ0v) is 12.9. The summed E-state index contributed by atoms with van der Waals surface area (Å²) in [4.78, 5) is 13.3. The number of rotatable bonds is 6. The molecule has 2 amide bonds. The summed E-state index contributed by atoms with van der Waals surface area (Å²) in [6.45, 7) is 6.67. The van der Waals surface area contributed by atoms with Gasteiger partial charge in [0.15, 0.2) is 0 Å². The predicted molar refractivity (Wildman–Crippen MR) is 81.9 cm³/mol. The molecule has 4 heteroatoms. The first-order chi connectivity index (χ1) is 9.43. The smallest absolute Gasteiger partial charge is 0.317 e. The van der Waals surface area contributed by atoms with E-state index in [1.807, 2.05) is 6.92 Å². The fourth-order valence-corrected chi connectivity index (χ4v) is 2.02. The monoisotopic (exact) mass is 278 g/mol. The molecule has 0 radical (unpaired) electrons. The highest BCUT2D eigenvalue weighted by atomic mass is 16.3. The van der Waals surface area contributed by atoms with E-state index in [0.29, 0.717) is 12.5 Å². The van der Waals surface area contributed by atoms with Crippen LogP contribution in [0.3, 0.4) is 0 Å². The lowest BCUT2D eigenvalue weighted by atomic mass is 9.99. The molecule has 1 rings (SSSR count). The van der Waals surface area contributed by atoms with Crippen molar-refractivity contribution in [2.45, 2.75) is 39.2 Å². The Balaban J connectivity index is 2.49. The van der Waals surface area contributed by atoms with Gasteiger partial charge in [-0.1, -0.05) is 38.1 Å². The van der Waals surface area contributed by atoms with Crippen molar-refractivity contribution in [1.29, 1.82) is 0 Å². The fourth-order valence-electron chi connectivity index (χ4n) is 2.02. The number of hydrogen-bond acceptors (Lipinski definition) is 2. The molecule has 0 aliphatic rings. The second kappa shape index (κ2) is 7.90. The molecule has 0 bridgehead atoms. The van der Waals surface area contributed by atoms with Crippen LogP contribution in [0, 0.1) is 0 Å². The van der Waals surface area contributed by atoms with Gasteiger partial charge in [-0.2, -0.15) is 0 Å². The first-order valence-electron chi connectivity index (χ1n) is 7.15. The summed E-state index contributed by atoms with van der Waals surface area (Å²) in [6.07, 6.45) is 0.803. The summed E-state index contributed by atoms with van der Waals surface area (Å²) in [5.41, 5.74) is 2.54. The molecule has 1 atom stereocenters. The van der Waals surface area contributed by atoms with Gasteiger partial charge in [0.25, 0.3) is 0 Å². The van der Waals surface area contributed by atoms with Gasteiger partial charge < -0.3 is 15.3 Å². The number of carbonyl (C=O) groups excluding carboxylic acids is 1. The highest BCUT2D eigenvalue weighted by molar-refractivity contribution is 5.74. The number of amides is 2. The molecule has 1 aromatic rings. The van der Waals surface area contributed by atoms with Crippen molar-refractivity contribution >= 4 is 6.03 Å². The third kappa shape index (κ3) is 5.21. The molecule has 1 aromatic carbocycles. The first kappa shape index (κ1) is 16.5. The minimum Gasteiger partial charge on any atom is -0.395 e. The molecule has 112 valence electrons. The largest absolute Gasteiger partial charge is 0.395 e. The highest BCUT2D eigenvalue weighted by Crippen LogP contribution is 2.15. The van der Waals surface area contributed by atoms with E-state index < -0.39 is 0 Å². The van der Waals surface area contributed by atoms with Crippen LogP contribution < -0.4 is 5.32 Å². The van der Waals surface area contributed by atoms with E-state index >= 15 is 0 Å². The summed E-state index contributed by atoms with van der Waals surface area (Å²) < 4.78 is 0. The summed E-state index contributed by atoms with van der Waals surface area (Å²) in [5.74, 6) is 0.535. The van der Waals surface area contributed by atoms with Crippen molar-refractivity contribution in [3.05, 3.63) is 35.4 Å². The Morgan fingerprint density at radius 2 is 1.85 bits per heavy atom. The van der Waals surface area contributed by atoms with Gasteiger partial charge in [-0.25, -0.2) is 4.79 Å². The summed E-state index contributed by atoms with van der Waals surface area (Å²) in [6, 6.07) is 8.45. The molecule has 0 aromatic heterocycles. The van der Waals surface area contributed by atoms with Crippen LogP contribution in [-0.4, -0.2) is 42.3 Å². The Morgan fingerprint density at radius 3 is 2.35 bits per heavy atom. The van der Waals surface area contributed by atoms with Crippen LogP contribution in [0.15, 0.2) is 24.3 Å². The number of likely N-dealkylation sites (N-methyl/N-ethyl adjacent to an activating group) is 1. The van der Waals surface area contributed by atoms with E-state index in [0.717, 1.165) is 6.42 Å². The minimum absolute atomic E-state index is 0.0189. The number of hydrogen-bond donors (Lipinski definition) is 2. The number of urea groups is 1. The number of nitrogens with one attached hydrogen (secondary N) is 1. The van der Waals surface area contributed by atoms with Crippen molar-refractivity contribution < 1.29 is 9.90 Å². The normalized spacial score (nSPS) is 12.3. The lowest BCUT2D eigenvalue weighted by Gasteiger charge is -2.20. The van der Waals surface area contributed by atoms with E-state index in [1.54, 1.807) is 7.05 Å². The molecule has 0 fully saturated rings. The maximum atomic E-state index is 11.8. The van der Waals surface area contributed by atoms with Crippen LogP contribution in [-0.2, 0) is 6.42 Å². The SMILES string of the molecule is CC(Cc1ccc(C(C)C)cc1)NC(=O)N(C)CCO. The number of aliphatic hydroxyl groups is 1. The summed E-state index contributed by atoms with van der Waals surface area (Å²) >= 11 is 0. The van der Waals surface area contributed by atoms with Gasteiger partial charge in [0.1, 0.15) is 0 Å². The van der Waals surface area contributed by atoms with Gasteiger partial charge in [-0.15, -0.1) is 0 Å². The molecular weight excluding hydrogens is 252 g/mol. The number of aliphatic hydroxyl groups excluding tert-OH is 1. The molecule has 1 unspecified atom stereocenters. The third-order valence-electron chi connectivity index (χ3n) is 3.34. The summed E-state index contributed by atoms with van der Waals surface area (Å²) in [5, 5.41) is 11.7. The Bertz CT molecular complexity index is 415. The number of carbonyl (C=O) groups is 1. The van der Waals surface area contributed by atoms with Crippen LogP contribution in [0.25, 0.3) is 0 Å². The van der Waals surface area contributed by atoms with Gasteiger partial charge in [-0.3, -0.25) is 0 Å². The Kier molecular flexibility index (Phi) is 6.52. The first-order valence-corrected chi connectivity index (χ1v) is 7.15. The standard InChI is InChI=1S/C16H26N2O2/c1-12(2)15-7-5-14(6-8-15)11-13(3)17-16(20)18(4)9-10-19/h5-8,12-13,19H,9-11H2,1-4H3,(H,17,20). The van der Waals surface area contributed by atoms with Crippen LogP contribution in [0.2, 0.25) is 0 Å². The molecule has 2 N–H and O–H groups in total. The van der Waals surface area contributed by atoms with Gasteiger partial charge in [0, 0.05) is 19.6 Å².